The van der Waals surface area contributed by atoms with Gasteiger partial charge in [0.2, 0.25) is 0 Å². The van der Waals surface area contributed by atoms with Crippen molar-refractivity contribution in [2.45, 2.75) is 27.0 Å². The summed E-state index contributed by atoms with van der Waals surface area (Å²) < 4.78 is 12.9. The molecule has 0 aliphatic heterocycles. The molecule has 0 radical (unpaired) electrons. The van der Waals surface area contributed by atoms with E-state index in [1.165, 1.54) is 0 Å². The van der Waals surface area contributed by atoms with Crippen molar-refractivity contribution in [2.24, 2.45) is 0 Å². The van der Waals surface area contributed by atoms with E-state index in [9.17, 15) is 4.79 Å². The highest BCUT2D eigenvalue weighted by Gasteiger charge is 2.16. The number of aromatic nitrogens is 2. The molecule has 0 aliphatic carbocycles. The van der Waals surface area contributed by atoms with Crippen LogP contribution >= 0.6 is 23.2 Å². The maximum atomic E-state index is 12.9. The van der Waals surface area contributed by atoms with Crippen LogP contribution in [0.15, 0.2) is 66.7 Å². The van der Waals surface area contributed by atoms with E-state index >= 15 is 0 Å². The summed E-state index contributed by atoms with van der Waals surface area (Å²) in [4.78, 5) is 12.9. The van der Waals surface area contributed by atoms with Gasteiger partial charge in [-0.05, 0) is 67.4 Å². The van der Waals surface area contributed by atoms with Crippen molar-refractivity contribution in [3.8, 4) is 11.5 Å². The quantitative estimate of drug-likeness (QED) is 0.287. The smallest absolute Gasteiger partial charge is 0.255 e. The van der Waals surface area contributed by atoms with Crippen LogP contribution in [0, 0.1) is 13.8 Å². The van der Waals surface area contributed by atoms with E-state index in [2.05, 4.69) is 10.4 Å². The summed E-state index contributed by atoms with van der Waals surface area (Å²) >= 11 is 12.1. The van der Waals surface area contributed by atoms with Crippen molar-refractivity contribution in [3.05, 3.63) is 105 Å². The summed E-state index contributed by atoms with van der Waals surface area (Å²) in [5, 5.41) is 8.62. The van der Waals surface area contributed by atoms with Crippen LogP contribution in [-0.4, -0.2) is 22.8 Å². The van der Waals surface area contributed by atoms with Gasteiger partial charge in [-0.3, -0.25) is 9.48 Å². The summed E-state index contributed by atoms with van der Waals surface area (Å²) in [6.07, 6.45) is 0. The number of benzene rings is 3. The first-order valence-electron chi connectivity index (χ1n) is 11.0. The number of nitrogens with zero attached hydrogens (tertiary/aromatic N) is 2. The number of amides is 1. The second-order valence-electron chi connectivity index (χ2n) is 8.07. The van der Waals surface area contributed by atoms with Gasteiger partial charge in [-0.25, -0.2) is 0 Å². The second-order valence-corrected chi connectivity index (χ2v) is 8.91. The zero-order valence-electron chi connectivity index (χ0n) is 19.6. The molecule has 4 rings (SSSR count). The van der Waals surface area contributed by atoms with Crippen LogP contribution in [-0.2, 0) is 13.2 Å². The first-order chi connectivity index (χ1) is 16.8. The molecule has 4 aromatic rings. The summed E-state index contributed by atoms with van der Waals surface area (Å²) in [5.41, 5.74) is 4.85. The van der Waals surface area contributed by atoms with Crippen molar-refractivity contribution in [3.63, 3.8) is 0 Å². The van der Waals surface area contributed by atoms with Gasteiger partial charge in [0.15, 0.2) is 0 Å². The largest absolute Gasteiger partial charge is 0.497 e. The van der Waals surface area contributed by atoms with Gasteiger partial charge in [-0.2, -0.15) is 5.10 Å². The van der Waals surface area contributed by atoms with E-state index in [-0.39, 0.29) is 5.91 Å². The maximum absolute atomic E-state index is 12.9. The van der Waals surface area contributed by atoms with Gasteiger partial charge in [-0.1, -0.05) is 47.5 Å². The molecule has 0 fully saturated rings. The molecule has 35 heavy (non-hydrogen) atoms. The fourth-order valence-electron chi connectivity index (χ4n) is 3.67. The summed E-state index contributed by atoms with van der Waals surface area (Å²) in [6, 6.07) is 20.2. The van der Waals surface area contributed by atoms with Crippen LogP contribution in [0.4, 0.5) is 5.69 Å². The van der Waals surface area contributed by atoms with Crippen molar-refractivity contribution >= 4 is 34.8 Å². The highest BCUT2D eigenvalue weighted by Crippen LogP contribution is 2.28. The Bertz CT molecular complexity index is 1350. The molecule has 180 valence electrons. The minimum absolute atomic E-state index is 0.203. The lowest BCUT2D eigenvalue weighted by atomic mass is 10.1. The number of methoxy groups -OCH3 is 1. The van der Waals surface area contributed by atoms with Crippen LogP contribution in [0.2, 0.25) is 10.0 Å². The Morgan fingerprint density at radius 2 is 1.77 bits per heavy atom. The fourth-order valence-corrected chi connectivity index (χ4v) is 4.13. The fraction of sp³-hybridized carbons (Fsp3) is 0.185. The van der Waals surface area contributed by atoms with E-state index in [4.69, 9.17) is 32.7 Å². The van der Waals surface area contributed by atoms with E-state index in [0.29, 0.717) is 40.2 Å². The molecule has 6 nitrogen and oxygen atoms in total. The lowest BCUT2D eigenvalue weighted by Gasteiger charge is -2.10. The maximum Gasteiger partial charge on any atom is 0.255 e. The summed E-state index contributed by atoms with van der Waals surface area (Å²) in [7, 11) is 1.64. The van der Waals surface area contributed by atoms with Crippen molar-refractivity contribution in [1.82, 2.24) is 9.78 Å². The number of halogens is 2. The van der Waals surface area contributed by atoms with Gasteiger partial charge in [-0.15, -0.1) is 0 Å². The number of carbonyl (C=O) groups excluding carboxylic acids is 1. The Balaban J connectivity index is 1.41. The van der Waals surface area contributed by atoms with Gasteiger partial charge in [0.25, 0.3) is 5.91 Å². The molecule has 3 aromatic carbocycles. The third-order valence-corrected chi connectivity index (χ3v) is 6.12. The second kappa shape index (κ2) is 10.8. The SMILES string of the molecule is COc1cccc(Cn2nc(C)c(NC(=O)c3ccc(COc4ccc(Cl)cc4Cl)cc3)c2C)c1. The molecule has 1 heterocycles. The van der Waals surface area contributed by atoms with Gasteiger partial charge in [0.05, 0.1) is 35.8 Å². The topological polar surface area (TPSA) is 65.4 Å². The molecule has 1 amide bonds. The Morgan fingerprint density at radius 1 is 1.00 bits per heavy atom. The van der Waals surface area contributed by atoms with E-state index < -0.39 is 0 Å². The monoisotopic (exact) mass is 509 g/mol. The molecule has 0 saturated heterocycles. The minimum Gasteiger partial charge on any atom is -0.497 e. The Kier molecular flexibility index (Phi) is 7.63. The van der Waals surface area contributed by atoms with Gasteiger partial charge in [0, 0.05) is 10.6 Å². The van der Waals surface area contributed by atoms with Crippen LogP contribution in [0.3, 0.4) is 0 Å². The highest BCUT2D eigenvalue weighted by atomic mass is 35.5. The molecule has 0 unspecified atom stereocenters. The minimum atomic E-state index is -0.203. The molecule has 0 bridgehead atoms. The van der Waals surface area contributed by atoms with Crippen molar-refractivity contribution in [2.75, 3.05) is 12.4 Å². The first-order valence-corrected chi connectivity index (χ1v) is 11.7. The molecular formula is C27H25Cl2N3O3. The third kappa shape index (κ3) is 5.96. The lowest BCUT2D eigenvalue weighted by Crippen LogP contribution is -2.13. The molecule has 8 heteroatoms. The summed E-state index contributed by atoms with van der Waals surface area (Å²) in [5.74, 6) is 1.14. The molecule has 1 aromatic heterocycles. The number of ether oxygens (including phenoxy) is 2. The van der Waals surface area contributed by atoms with Crippen LogP contribution in [0.5, 0.6) is 11.5 Å². The molecular weight excluding hydrogens is 485 g/mol. The van der Waals surface area contributed by atoms with Crippen LogP contribution in [0.1, 0.15) is 32.9 Å². The zero-order valence-corrected chi connectivity index (χ0v) is 21.2. The number of anilines is 1. The average molecular weight is 510 g/mol. The number of aryl methyl sites for hydroxylation is 1. The van der Waals surface area contributed by atoms with Crippen molar-refractivity contribution in [1.29, 1.82) is 0 Å². The number of nitrogens with one attached hydrogen (secondary N) is 1. The molecule has 0 saturated carbocycles. The molecule has 0 atom stereocenters. The summed E-state index contributed by atoms with van der Waals surface area (Å²) in [6.45, 7) is 4.72. The van der Waals surface area contributed by atoms with Crippen molar-refractivity contribution < 1.29 is 14.3 Å². The Morgan fingerprint density at radius 3 is 2.49 bits per heavy atom. The Labute approximate surface area is 214 Å². The van der Waals surface area contributed by atoms with Crippen LogP contribution in [0.25, 0.3) is 0 Å². The van der Waals surface area contributed by atoms with Gasteiger partial charge < -0.3 is 14.8 Å². The number of hydrogen-bond acceptors (Lipinski definition) is 4. The number of rotatable bonds is 8. The number of carbonyl (C=O) groups is 1. The molecule has 0 spiro atoms. The number of hydrogen-bond donors (Lipinski definition) is 1. The predicted molar refractivity (Wildman–Crippen MR) is 139 cm³/mol. The molecule has 0 aliphatic rings. The highest BCUT2D eigenvalue weighted by molar-refractivity contribution is 6.35. The zero-order chi connectivity index (χ0) is 24.9. The Hall–Kier alpha value is -3.48. The predicted octanol–water partition coefficient (Wildman–Crippen LogP) is 6.69. The average Bonchev–Trinajstić information content (AvgIpc) is 3.11. The van der Waals surface area contributed by atoms with Gasteiger partial charge >= 0.3 is 0 Å². The van der Waals surface area contributed by atoms with E-state index in [1.807, 2.05) is 54.9 Å². The normalized spacial score (nSPS) is 10.8. The van der Waals surface area contributed by atoms with E-state index in [0.717, 1.165) is 28.3 Å². The molecule has 1 N–H and O–H groups in total. The van der Waals surface area contributed by atoms with Gasteiger partial charge in [0.1, 0.15) is 18.1 Å². The van der Waals surface area contributed by atoms with Crippen LogP contribution < -0.4 is 14.8 Å². The lowest BCUT2D eigenvalue weighted by molar-refractivity contribution is 0.102. The first kappa shape index (κ1) is 24.6. The third-order valence-electron chi connectivity index (χ3n) is 5.59. The van der Waals surface area contributed by atoms with E-state index in [1.54, 1.807) is 37.4 Å². The standard InChI is InChI=1S/C27H25Cl2N3O3/c1-17-26(18(2)32(31-17)15-20-5-4-6-23(13-20)34-3)30-27(33)21-9-7-19(8-10-21)16-35-25-12-11-22(28)14-24(25)29/h4-14H,15-16H2,1-3H3,(H,30,33).